The van der Waals surface area contributed by atoms with Crippen molar-refractivity contribution < 1.29 is 0 Å². The number of anilines is 1. The highest BCUT2D eigenvalue weighted by atomic mass is 15.2. The summed E-state index contributed by atoms with van der Waals surface area (Å²) in [6, 6.07) is 7.22. The molecule has 2 nitrogen and oxygen atoms in total. The van der Waals surface area contributed by atoms with Gasteiger partial charge < -0.3 is 10.2 Å². The first kappa shape index (κ1) is 11.5. The van der Waals surface area contributed by atoms with Crippen LogP contribution in [0.3, 0.4) is 0 Å². The molecule has 1 aromatic rings. The Morgan fingerprint density at radius 3 is 2.56 bits per heavy atom. The monoisotopic (exact) mass is 218 g/mol. The van der Waals surface area contributed by atoms with E-state index in [9.17, 15) is 0 Å². The van der Waals surface area contributed by atoms with Gasteiger partial charge in [0, 0.05) is 24.8 Å². The van der Waals surface area contributed by atoms with E-state index < -0.39 is 0 Å². The van der Waals surface area contributed by atoms with Crippen LogP contribution in [0.4, 0.5) is 5.69 Å². The minimum atomic E-state index is 0.646. The number of piperidine rings is 1. The van der Waals surface area contributed by atoms with Crippen LogP contribution in [0.25, 0.3) is 0 Å². The minimum Gasteiger partial charge on any atom is -0.370 e. The predicted molar refractivity (Wildman–Crippen MR) is 70.2 cm³/mol. The zero-order chi connectivity index (χ0) is 11.5. The van der Waals surface area contributed by atoms with Crippen molar-refractivity contribution in [2.75, 3.05) is 25.0 Å². The molecule has 0 saturated carbocycles. The van der Waals surface area contributed by atoms with Crippen molar-refractivity contribution in [1.82, 2.24) is 5.32 Å². The maximum Gasteiger partial charge on any atom is 0.0426 e. The summed E-state index contributed by atoms with van der Waals surface area (Å²) in [5.41, 5.74) is 4.25. The summed E-state index contributed by atoms with van der Waals surface area (Å²) in [6.45, 7) is 6.77. The van der Waals surface area contributed by atoms with Gasteiger partial charge in [-0.25, -0.2) is 0 Å². The Morgan fingerprint density at radius 2 is 1.94 bits per heavy atom. The van der Waals surface area contributed by atoms with Crippen LogP contribution in [-0.2, 0) is 0 Å². The summed E-state index contributed by atoms with van der Waals surface area (Å²) in [6.07, 6.45) is 2.59. The first-order valence-corrected chi connectivity index (χ1v) is 6.21. The van der Waals surface area contributed by atoms with E-state index >= 15 is 0 Å². The molecule has 1 atom stereocenters. The Balaban J connectivity index is 2.23. The van der Waals surface area contributed by atoms with Crippen LogP contribution in [0.2, 0.25) is 0 Å². The average molecular weight is 218 g/mol. The number of benzene rings is 1. The summed E-state index contributed by atoms with van der Waals surface area (Å²) in [4.78, 5) is 2.54. The Labute approximate surface area is 98.7 Å². The van der Waals surface area contributed by atoms with E-state index in [0.717, 1.165) is 6.54 Å². The molecule has 1 fully saturated rings. The number of para-hydroxylation sites is 1. The van der Waals surface area contributed by atoms with Gasteiger partial charge in [0.15, 0.2) is 0 Å². The molecule has 16 heavy (non-hydrogen) atoms. The molecular weight excluding hydrogens is 196 g/mol. The number of nitrogens with zero attached hydrogens (tertiary/aromatic N) is 1. The number of nitrogens with one attached hydrogen (secondary N) is 1. The molecule has 1 N–H and O–H groups in total. The second kappa shape index (κ2) is 4.88. The third kappa shape index (κ3) is 2.22. The molecule has 0 aliphatic carbocycles. The van der Waals surface area contributed by atoms with Crippen LogP contribution in [0, 0.1) is 13.8 Å². The van der Waals surface area contributed by atoms with Crippen molar-refractivity contribution in [2.45, 2.75) is 32.7 Å². The SMILES string of the molecule is CNC1CCCN(c2c(C)cccc2C)C1. The quantitative estimate of drug-likeness (QED) is 0.820. The van der Waals surface area contributed by atoms with Gasteiger partial charge in [-0.05, 0) is 44.9 Å². The highest BCUT2D eigenvalue weighted by Gasteiger charge is 2.20. The number of rotatable bonds is 2. The average Bonchev–Trinajstić information content (AvgIpc) is 2.29. The maximum atomic E-state index is 3.40. The van der Waals surface area contributed by atoms with Gasteiger partial charge in [-0.3, -0.25) is 0 Å². The summed E-state index contributed by atoms with van der Waals surface area (Å²) in [7, 11) is 2.07. The van der Waals surface area contributed by atoms with E-state index in [2.05, 4.69) is 49.3 Å². The van der Waals surface area contributed by atoms with Crippen molar-refractivity contribution in [3.63, 3.8) is 0 Å². The summed E-state index contributed by atoms with van der Waals surface area (Å²) < 4.78 is 0. The lowest BCUT2D eigenvalue weighted by atomic mass is 10.0. The zero-order valence-corrected chi connectivity index (χ0v) is 10.6. The van der Waals surface area contributed by atoms with Gasteiger partial charge in [0.25, 0.3) is 0 Å². The van der Waals surface area contributed by atoms with Gasteiger partial charge >= 0.3 is 0 Å². The molecule has 1 aliphatic rings. The molecule has 0 radical (unpaired) electrons. The normalized spacial score (nSPS) is 21.2. The van der Waals surface area contributed by atoms with E-state index in [1.54, 1.807) is 0 Å². The number of hydrogen-bond donors (Lipinski definition) is 1. The van der Waals surface area contributed by atoms with Gasteiger partial charge in [-0.2, -0.15) is 0 Å². The van der Waals surface area contributed by atoms with E-state index in [1.807, 2.05) is 0 Å². The van der Waals surface area contributed by atoms with Gasteiger partial charge in [-0.1, -0.05) is 18.2 Å². The zero-order valence-electron chi connectivity index (χ0n) is 10.6. The molecule has 88 valence electrons. The fourth-order valence-electron chi connectivity index (χ4n) is 2.72. The Bertz CT molecular complexity index is 340. The van der Waals surface area contributed by atoms with Crippen molar-refractivity contribution in [3.05, 3.63) is 29.3 Å². The van der Waals surface area contributed by atoms with Crippen LogP contribution < -0.4 is 10.2 Å². The number of likely N-dealkylation sites (N-methyl/N-ethyl adjacent to an activating group) is 1. The van der Waals surface area contributed by atoms with Crippen LogP contribution >= 0.6 is 0 Å². The first-order chi connectivity index (χ1) is 7.72. The van der Waals surface area contributed by atoms with Gasteiger partial charge in [0.1, 0.15) is 0 Å². The largest absolute Gasteiger partial charge is 0.370 e. The maximum absolute atomic E-state index is 3.40. The molecule has 0 bridgehead atoms. The second-order valence-corrected chi connectivity index (χ2v) is 4.81. The van der Waals surface area contributed by atoms with Gasteiger partial charge in [0.05, 0.1) is 0 Å². The molecular formula is C14H22N2. The summed E-state index contributed by atoms with van der Waals surface area (Å²) in [5, 5.41) is 3.40. The third-order valence-electron chi connectivity index (χ3n) is 3.59. The van der Waals surface area contributed by atoms with Crippen molar-refractivity contribution in [3.8, 4) is 0 Å². The highest BCUT2D eigenvalue weighted by molar-refractivity contribution is 5.59. The molecule has 1 aromatic carbocycles. The van der Waals surface area contributed by atoms with Gasteiger partial charge in [-0.15, -0.1) is 0 Å². The highest BCUT2D eigenvalue weighted by Crippen LogP contribution is 2.27. The Hall–Kier alpha value is -1.02. The molecule has 1 aliphatic heterocycles. The molecule has 0 amide bonds. The Kier molecular flexibility index (Phi) is 3.49. The van der Waals surface area contributed by atoms with E-state index in [-0.39, 0.29) is 0 Å². The minimum absolute atomic E-state index is 0.646. The lowest BCUT2D eigenvalue weighted by Gasteiger charge is -2.36. The standard InChI is InChI=1S/C14H22N2/c1-11-6-4-7-12(2)14(11)16-9-5-8-13(10-16)15-3/h4,6-7,13,15H,5,8-10H2,1-3H3. The van der Waals surface area contributed by atoms with Crippen molar-refractivity contribution in [1.29, 1.82) is 0 Å². The van der Waals surface area contributed by atoms with Crippen LogP contribution in [0.1, 0.15) is 24.0 Å². The van der Waals surface area contributed by atoms with Gasteiger partial charge in [0.2, 0.25) is 0 Å². The van der Waals surface area contributed by atoms with Crippen molar-refractivity contribution >= 4 is 5.69 Å². The smallest absolute Gasteiger partial charge is 0.0426 e. The molecule has 1 heterocycles. The van der Waals surface area contributed by atoms with E-state index in [1.165, 1.54) is 36.2 Å². The molecule has 0 spiro atoms. The van der Waals surface area contributed by atoms with Crippen LogP contribution in [0.5, 0.6) is 0 Å². The van der Waals surface area contributed by atoms with Crippen molar-refractivity contribution in [2.24, 2.45) is 0 Å². The van der Waals surface area contributed by atoms with Crippen LogP contribution in [-0.4, -0.2) is 26.2 Å². The van der Waals surface area contributed by atoms with E-state index in [0.29, 0.717) is 6.04 Å². The van der Waals surface area contributed by atoms with E-state index in [4.69, 9.17) is 0 Å². The molecule has 2 heteroatoms. The second-order valence-electron chi connectivity index (χ2n) is 4.81. The summed E-state index contributed by atoms with van der Waals surface area (Å²) in [5.74, 6) is 0. The lowest BCUT2D eigenvalue weighted by Crippen LogP contribution is -2.44. The first-order valence-electron chi connectivity index (χ1n) is 6.21. The predicted octanol–water partition coefficient (Wildman–Crippen LogP) is 2.49. The fraction of sp³-hybridized carbons (Fsp3) is 0.571. The molecule has 2 rings (SSSR count). The lowest BCUT2D eigenvalue weighted by molar-refractivity contribution is 0.449. The Morgan fingerprint density at radius 1 is 1.25 bits per heavy atom. The number of aryl methyl sites for hydroxylation is 2. The fourth-order valence-corrected chi connectivity index (χ4v) is 2.72. The van der Waals surface area contributed by atoms with Crippen LogP contribution in [0.15, 0.2) is 18.2 Å². The topological polar surface area (TPSA) is 15.3 Å². The molecule has 0 aromatic heterocycles. The summed E-state index contributed by atoms with van der Waals surface area (Å²) >= 11 is 0. The molecule has 1 saturated heterocycles. The molecule has 1 unspecified atom stereocenters. The number of hydrogen-bond acceptors (Lipinski definition) is 2. The third-order valence-corrected chi connectivity index (χ3v) is 3.59.